The molecule has 3 heteroatoms. The molecule has 0 rings (SSSR count). The third-order valence-electron chi connectivity index (χ3n) is 0.824. The molecule has 0 bridgehead atoms. The van der Waals surface area contributed by atoms with Gasteiger partial charge < -0.3 is 9.69 Å². The average molecular weight is 128 g/mol. The molecule has 0 aromatic heterocycles. The summed E-state index contributed by atoms with van der Waals surface area (Å²) in [7, 11) is 1.81. The van der Waals surface area contributed by atoms with Gasteiger partial charge in [-0.25, -0.2) is 0 Å². The summed E-state index contributed by atoms with van der Waals surface area (Å²) in [6.45, 7) is 3.14. The highest BCUT2D eigenvalue weighted by Crippen LogP contribution is 1.72. The maximum atomic E-state index is 9.88. The van der Waals surface area contributed by atoms with Crippen molar-refractivity contribution in [3.63, 3.8) is 0 Å². The second-order valence-corrected chi connectivity index (χ2v) is 1.72. The molecule has 0 unspecified atom stereocenters. The fraction of sp³-hybridized carbons (Fsp3) is 0.667. The third-order valence-corrected chi connectivity index (χ3v) is 0.824. The van der Waals surface area contributed by atoms with Crippen LogP contribution in [0.25, 0.3) is 0 Å². The van der Waals surface area contributed by atoms with Crippen molar-refractivity contribution in [1.29, 1.82) is 0 Å². The van der Waals surface area contributed by atoms with E-state index in [4.69, 9.17) is 0 Å². The van der Waals surface area contributed by atoms with Crippen LogP contribution >= 0.6 is 0 Å². The van der Waals surface area contributed by atoms with Crippen LogP contribution in [0.3, 0.4) is 0 Å². The lowest BCUT2D eigenvalue weighted by Gasteiger charge is -2.05. The molecule has 0 amide bonds. The predicted octanol–water partition coefficient (Wildman–Crippen LogP) is 0.165. The topological polar surface area (TPSA) is 32.7 Å². The summed E-state index contributed by atoms with van der Waals surface area (Å²) in [6, 6.07) is 0. The van der Waals surface area contributed by atoms with Crippen molar-refractivity contribution in [2.45, 2.75) is 6.92 Å². The molecule has 0 atom stereocenters. The number of hydrogen-bond donors (Lipinski definition) is 0. The van der Waals surface area contributed by atoms with E-state index in [1.54, 1.807) is 11.2 Å². The minimum atomic E-state index is 0.420. The summed E-state index contributed by atoms with van der Waals surface area (Å²) in [6.07, 6.45) is 2.51. The minimum Gasteiger partial charge on any atom is -0.359 e. The molecule has 0 heterocycles. The first-order chi connectivity index (χ1) is 4.31. The summed E-state index contributed by atoms with van der Waals surface area (Å²) < 4.78 is 0. The zero-order valence-electron chi connectivity index (χ0n) is 5.87. The number of carbonyl (C=O) groups is 1. The predicted molar refractivity (Wildman–Crippen MR) is 37.7 cm³/mol. The van der Waals surface area contributed by atoms with Gasteiger partial charge in [-0.15, -0.1) is 0 Å². The van der Waals surface area contributed by atoms with Crippen LogP contribution in [0.15, 0.2) is 4.99 Å². The maximum absolute atomic E-state index is 9.88. The van der Waals surface area contributed by atoms with Gasteiger partial charge in [0.25, 0.3) is 0 Å². The van der Waals surface area contributed by atoms with E-state index in [2.05, 4.69) is 4.99 Å². The van der Waals surface area contributed by atoms with Crippen molar-refractivity contribution < 1.29 is 4.79 Å². The van der Waals surface area contributed by atoms with Crippen LogP contribution in [-0.2, 0) is 4.79 Å². The van der Waals surface area contributed by atoms with Crippen LogP contribution < -0.4 is 0 Å². The summed E-state index contributed by atoms with van der Waals surface area (Å²) in [5, 5.41) is 0. The largest absolute Gasteiger partial charge is 0.359 e. The quantitative estimate of drug-likeness (QED) is 0.307. The molecule has 0 radical (unpaired) electrons. The van der Waals surface area contributed by atoms with Crippen LogP contribution in [0.4, 0.5) is 0 Å². The highest BCUT2D eigenvalue weighted by molar-refractivity contribution is 5.62. The first-order valence-corrected chi connectivity index (χ1v) is 2.95. The first kappa shape index (κ1) is 8.14. The zero-order valence-corrected chi connectivity index (χ0v) is 5.87. The molecule has 0 aromatic carbocycles. The Labute approximate surface area is 55.4 Å². The molecule has 0 spiro atoms. The highest BCUT2D eigenvalue weighted by atomic mass is 16.1. The van der Waals surface area contributed by atoms with Crippen molar-refractivity contribution >= 4 is 12.6 Å². The minimum absolute atomic E-state index is 0.420. The van der Waals surface area contributed by atoms with E-state index in [9.17, 15) is 4.79 Å². The number of likely N-dealkylation sites (N-methyl/N-ethyl adjacent to an activating group) is 1. The van der Waals surface area contributed by atoms with E-state index in [0.29, 0.717) is 6.54 Å². The van der Waals surface area contributed by atoms with Crippen LogP contribution in [0.2, 0.25) is 0 Å². The Morgan fingerprint density at radius 2 is 2.33 bits per heavy atom. The molecule has 0 saturated carbocycles. The van der Waals surface area contributed by atoms with Crippen molar-refractivity contribution in [3.8, 4) is 0 Å². The van der Waals surface area contributed by atoms with Gasteiger partial charge >= 0.3 is 0 Å². The van der Waals surface area contributed by atoms with E-state index in [-0.39, 0.29) is 0 Å². The van der Waals surface area contributed by atoms with Gasteiger partial charge in [-0.3, -0.25) is 4.99 Å². The molecule has 0 aromatic rings. The molecule has 0 N–H and O–H groups in total. The highest BCUT2D eigenvalue weighted by Gasteiger charge is 1.84. The molecular formula is C6H12N2O. The first-order valence-electron chi connectivity index (χ1n) is 2.95. The standard InChI is InChI=1S/C6H12N2O/c1-3-7-6-8(2)4-5-9/h5-6H,3-4H2,1-2H3/b7-6-. The second-order valence-electron chi connectivity index (χ2n) is 1.72. The number of nitrogens with zero attached hydrogens (tertiary/aromatic N) is 2. The lowest BCUT2D eigenvalue weighted by atomic mass is 10.6. The summed E-state index contributed by atoms with van der Waals surface area (Å²) in [5.74, 6) is 0. The number of rotatable bonds is 4. The van der Waals surface area contributed by atoms with Gasteiger partial charge in [-0.1, -0.05) is 0 Å². The fourth-order valence-electron chi connectivity index (χ4n) is 0.386. The Bertz CT molecular complexity index is 101. The fourth-order valence-corrected chi connectivity index (χ4v) is 0.386. The third kappa shape index (κ3) is 5.00. The van der Waals surface area contributed by atoms with Crippen LogP contribution in [0.1, 0.15) is 6.92 Å². The average Bonchev–Trinajstić information content (AvgIpc) is 1.85. The molecular weight excluding hydrogens is 116 g/mol. The van der Waals surface area contributed by atoms with Crippen LogP contribution in [0.5, 0.6) is 0 Å². The van der Waals surface area contributed by atoms with E-state index >= 15 is 0 Å². The van der Waals surface area contributed by atoms with Gasteiger partial charge in [0.15, 0.2) is 0 Å². The van der Waals surface area contributed by atoms with Crippen molar-refractivity contribution in [3.05, 3.63) is 0 Å². The number of aldehydes is 1. The normalized spacial score (nSPS) is 10.0. The molecule has 0 aliphatic rings. The smallest absolute Gasteiger partial charge is 0.139 e. The van der Waals surface area contributed by atoms with E-state index in [1.807, 2.05) is 14.0 Å². The SMILES string of the molecule is CC/N=C\N(C)CC=O. The lowest BCUT2D eigenvalue weighted by molar-refractivity contribution is -0.107. The zero-order chi connectivity index (χ0) is 7.11. The Balaban J connectivity index is 3.35. The van der Waals surface area contributed by atoms with Gasteiger partial charge in [-0.05, 0) is 6.92 Å². The van der Waals surface area contributed by atoms with Crippen molar-refractivity contribution in [1.82, 2.24) is 4.90 Å². The summed E-state index contributed by atoms with van der Waals surface area (Å²) in [5.41, 5.74) is 0. The molecule has 3 nitrogen and oxygen atoms in total. The monoisotopic (exact) mass is 128 g/mol. The Morgan fingerprint density at radius 1 is 1.67 bits per heavy atom. The second kappa shape index (κ2) is 5.28. The Morgan fingerprint density at radius 3 is 2.78 bits per heavy atom. The van der Waals surface area contributed by atoms with Gasteiger partial charge in [0.05, 0.1) is 12.9 Å². The van der Waals surface area contributed by atoms with Gasteiger partial charge in [0, 0.05) is 13.6 Å². The number of hydrogen-bond acceptors (Lipinski definition) is 2. The Kier molecular flexibility index (Phi) is 4.78. The molecule has 0 aliphatic carbocycles. The van der Waals surface area contributed by atoms with E-state index in [1.165, 1.54) is 0 Å². The van der Waals surface area contributed by atoms with Crippen LogP contribution in [0, 0.1) is 0 Å². The molecule has 0 saturated heterocycles. The maximum Gasteiger partial charge on any atom is 0.139 e. The summed E-state index contributed by atoms with van der Waals surface area (Å²) in [4.78, 5) is 15.5. The van der Waals surface area contributed by atoms with E-state index in [0.717, 1.165) is 12.8 Å². The van der Waals surface area contributed by atoms with Gasteiger partial charge in [-0.2, -0.15) is 0 Å². The van der Waals surface area contributed by atoms with Crippen molar-refractivity contribution in [2.24, 2.45) is 4.99 Å². The summed E-state index contributed by atoms with van der Waals surface area (Å²) >= 11 is 0. The van der Waals surface area contributed by atoms with Gasteiger partial charge in [0.2, 0.25) is 0 Å². The molecule has 0 aliphatic heterocycles. The lowest BCUT2D eigenvalue weighted by Crippen LogP contribution is -2.18. The Hall–Kier alpha value is -0.860. The molecule has 0 fully saturated rings. The number of carbonyl (C=O) groups excluding carboxylic acids is 1. The van der Waals surface area contributed by atoms with Crippen LogP contribution in [-0.4, -0.2) is 37.7 Å². The number of aliphatic imine (C=N–C) groups is 1. The van der Waals surface area contributed by atoms with Gasteiger partial charge in [0.1, 0.15) is 6.29 Å². The van der Waals surface area contributed by atoms with Crippen molar-refractivity contribution in [2.75, 3.05) is 20.1 Å². The molecule has 9 heavy (non-hydrogen) atoms. The van der Waals surface area contributed by atoms with E-state index < -0.39 is 0 Å². The molecule has 52 valence electrons.